The van der Waals surface area contributed by atoms with E-state index in [9.17, 15) is 5.11 Å². The van der Waals surface area contributed by atoms with Crippen LogP contribution in [-0.2, 0) is 0 Å². The minimum Gasteiger partial charge on any atom is -0.396 e. The Morgan fingerprint density at radius 2 is 1.67 bits per heavy atom. The van der Waals surface area contributed by atoms with Crippen LogP contribution in [0.15, 0.2) is 24.3 Å². The lowest BCUT2D eigenvalue weighted by Gasteiger charge is -2.23. The standard InChI is InChI=1S/C17H26O/c1-13(2)17(12-18)16-10-8-15(9-11-16)14-6-4-3-5-7-14/h8-11,13-14,17-18H,3-7,12H2,1-2H3. The van der Waals surface area contributed by atoms with E-state index in [0.717, 1.165) is 5.92 Å². The van der Waals surface area contributed by atoms with Crippen molar-refractivity contribution in [2.75, 3.05) is 6.61 Å². The molecule has 1 aromatic rings. The Morgan fingerprint density at radius 1 is 1.06 bits per heavy atom. The van der Waals surface area contributed by atoms with E-state index in [0.29, 0.717) is 5.92 Å². The van der Waals surface area contributed by atoms with Crippen LogP contribution in [0.3, 0.4) is 0 Å². The maximum Gasteiger partial charge on any atom is 0.0502 e. The van der Waals surface area contributed by atoms with Crippen molar-refractivity contribution in [3.05, 3.63) is 35.4 Å². The summed E-state index contributed by atoms with van der Waals surface area (Å²) in [6.45, 7) is 4.60. The Balaban J connectivity index is 2.08. The number of benzene rings is 1. The van der Waals surface area contributed by atoms with Crippen LogP contribution in [0.2, 0.25) is 0 Å². The van der Waals surface area contributed by atoms with Gasteiger partial charge in [0.25, 0.3) is 0 Å². The third-order valence-electron chi connectivity index (χ3n) is 4.44. The summed E-state index contributed by atoms with van der Waals surface area (Å²) < 4.78 is 0. The van der Waals surface area contributed by atoms with Crippen molar-refractivity contribution in [2.24, 2.45) is 5.92 Å². The molecule has 1 fully saturated rings. The lowest BCUT2D eigenvalue weighted by molar-refractivity contribution is 0.237. The van der Waals surface area contributed by atoms with Gasteiger partial charge in [0.1, 0.15) is 0 Å². The predicted molar refractivity (Wildman–Crippen MR) is 76.9 cm³/mol. The monoisotopic (exact) mass is 246 g/mol. The average molecular weight is 246 g/mol. The van der Waals surface area contributed by atoms with Crippen LogP contribution in [0.4, 0.5) is 0 Å². The highest BCUT2D eigenvalue weighted by Gasteiger charge is 2.17. The van der Waals surface area contributed by atoms with E-state index in [2.05, 4.69) is 38.1 Å². The van der Waals surface area contributed by atoms with E-state index >= 15 is 0 Å². The molecule has 0 spiro atoms. The summed E-state index contributed by atoms with van der Waals surface area (Å²) in [5, 5.41) is 9.47. The van der Waals surface area contributed by atoms with Crippen molar-refractivity contribution in [3.63, 3.8) is 0 Å². The Kier molecular flexibility index (Phi) is 4.82. The van der Waals surface area contributed by atoms with Crippen molar-refractivity contribution in [1.82, 2.24) is 0 Å². The van der Waals surface area contributed by atoms with Crippen LogP contribution in [0, 0.1) is 5.92 Å². The molecule has 0 bridgehead atoms. The van der Waals surface area contributed by atoms with Crippen molar-refractivity contribution in [2.45, 2.75) is 57.8 Å². The lowest BCUT2D eigenvalue weighted by Crippen LogP contribution is -2.11. The first-order valence-corrected chi connectivity index (χ1v) is 7.43. The zero-order valence-electron chi connectivity index (χ0n) is 11.7. The Bertz CT molecular complexity index is 346. The van der Waals surface area contributed by atoms with E-state index in [4.69, 9.17) is 0 Å². The fourth-order valence-corrected chi connectivity index (χ4v) is 3.15. The molecular weight excluding hydrogens is 220 g/mol. The van der Waals surface area contributed by atoms with Gasteiger partial charge < -0.3 is 5.11 Å². The molecule has 0 amide bonds. The Hall–Kier alpha value is -0.820. The first-order valence-electron chi connectivity index (χ1n) is 7.43. The van der Waals surface area contributed by atoms with Gasteiger partial charge in [-0.2, -0.15) is 0 Å². The second-order valence-electron chi connectivity index (χ2n) is 6.03. The van der Waals surface area contributed by atoms with Gasteiger partial charge in [0, 0.05) is 5.92 Å². The highest BCUT2D eigenvalue weighted by molar-refractivity contribution is 5.28. The highest BCUT2D eigenvalue weighted by atomic mass is 16.3. The summed E-state index contributed by atoms with van der Waals surface area (Å²) in [6.07, 6.45) is 6.89. The molecule has 100 valence electrons. The molecule has 0 saturated heterocycles. The molecule has 0 aromatic heterocycles. The van der Waals surface area contributed by atoms with Gasteiger partial charge in [-0.25, -0.2) is 0 Å². The Morgan fingerprint density at radius 3 is 2.17 bits per heavy atom. The van der Waals surface area contributed by atoms with Gasteiger partial charge in [-0.15, -0.1) is 0 Å². The second kappa shape index (κ2) is 6.38. The topological polar surface area (TPSA) is 20.2 Å². The first-order chi connectivity index (χ1) is 8.72. The van der Waals surface area contributed by atoms with Gasteiger partial charge >= 0.3 is 0 Å². The van der Waals surface area contributed by atoms with E-state index in [1.807, 2.05) is 0 Å². The molecule has 1 aromatic carbocycles. The molecule has 0 radical (unpaired) electrons. The molecule has 1 heteroatoms. The molecule has 1 atom stereocenters. The molecule has 1 N–H and O–H groups in total. The van der Waals surface area contributed by atoms with Crippen molar-refractivity contribution in [1.29, 1.82) is 0 Å². The molecule has 1 nitrogen and oxygen atoms in total. The quantitative estimate of drug-likeness (QED) is 0.831. The maximum absolute atomic E-state index is 9.47. The minimum atomic E-state index is 0.250. The zero-order valence-corrected chi connectivity index (χ0v) is 11.7. The molecule has 2 rings (SSSR count). The maximum atomic E-state index is 9.47. The van der Waals surface area contributed by atoms with Crippen LogP contribution < -0.4 is 0 Å². The molecule has 1 aliphatic carbocycles. The Labute approximate surface area is 111 Å². The van der Waals surface area contributed by atoms with E-state index in [-0.39, 0.29) is 12.5 Å². The van der Waals surface area contributed by atoms with Crippen LogP contribution in [0.25, 0.3) is 0 Å². The molecule has 1 unspecified atom stereocenters. The fraction of sp³-hybridized carbons (Fsp3) is 0.647. The van der Waals surface area contributed by atoms with E-state index in [1.165, 1.54) is 43.2 Å². The molecular formula is C17H26O. The number of hydrogen-bond donors (Lipinski definition) is 1. The smallest absolute Gasteiger partial charge is 0.0502 e. The second-order valence-corrected chi connectivity index (χ2v) is 6.03. The van der Waals surface area contributed by atoms with Crippen molar-refractivity contribution < 1.29 is 5.11 Å². The van der Waals surface area contributed by atoms with E-state index in [1.54, 1.807) is 0 Å². The molecule has 18 heavy (non-hydrogen) atoms. The van der Waals surface area contributed by atoms with Crippen LogP contribution >= 0.6 is 0 Å². The lowest BCUT2D eigenvalue weighted by atomic mass is 9.82. The predicted octanol–water partition coefficient (Wildman–Crippen LogP) is 4.47. The SMILES string of the molecule is CC(C)C(CO)c1ccc(C2CCCCC2)cc1. The third kappa shape index (κ3) is 3.14. The van der Waals surface area contributed by atoms with Gasteiger partial charge in [0.15, 0.2) is 0 Å². The normalized spacial score (nSPS) is 19.1. The van der Waals surface area contributed by atoms with Crippen LogP contribution in [0.5, 0.6) is 0 Å². The zero-order chi connectivity index (χ0) is 13.0. The number of aliphatic hydroxyl groups is 1. The van der Waals surface area contributed by atoms with Crippen LogP contribution in [-0.4, -0.2) is 11.7 Å². The van der Waals surface area contributed by atoms with Gasteiger partial charge in [0.05, 0.1) is 6.61 Å². The van der Waals surface area contributed by atoms with E-state index < -0.39 is 0 Å². The molecule has 0 heterocycles. The average Bonchev–Trinajstić information content (AvgIpc) is 2.41. The van der Waals surface area contributed by atoms with Gasteiger partial charge in [-0.05, 0) is 35.8 Å². The van der Waals surface area contributed by atoms with Gasteiger partial charge in [-0.1, -0.05) is 57.4 Å². The largest absolute Gasteiger partial charge is 0.396 e. The number of rotatable bonds is 4. The summed E-state index contributed by atoms with van der Waals surface area (Å²) >= 11 is 0. The minimum absolute atomic E-state index is 0.250. The first kappa shape index (κ1) is 13.6. The highest BCUT2D eigenvalue weighted by Crippen LogP contribution is 2.33. The summed E-state index contributed by atoms with van der Waals surface area (Å²) in [5.41, 5.74) is 2.78. The number of aliphatic hydroxyl groups excluding tert-OH is 1. The third-order valence-corrected chi connectivity index (χ3v) is 4.44. The molecule has 1 aliphatic rings. The summed E-state index contributed by atoms with van der Waals surface area (Å²) in [7, 11) is 0. The van der Waals surface area contributed by atoms with Crippen LogP contribution in [0.1, 0.15) is 68.9 Å². The summed E-state index contributed by atoms with van der Waals surface area (Å²) in [5.74, 6) is 1.56. The van der Waals surface area contributed by atoms with Gasteiger partial charge in [-0.3, -0.25) is 0 Å². The molecule has 1 saturated carbocycles. The summed E-state index contributed by atoms with van der Waals surface area (Å²) in [6, 6.07) is 9.03. The molecule has 0 aliphatic heterocycles. The van der Waals surface area contributed by atoms with Crippen molar-refractivity contribution >= 4 is 0 Å². The van der Waals surface area contributed by atoms with Gasteiger partial charge in [0.2, 0.25) is 0 Å². The van der Waals surface area contributed by atoms with Crippen molar-refractivity contribution in [3.8, 4) is 0 Å². The fourth-order valence-electron chi connectivity index (χ4n) is 3.15. The number of hydrogen-bond acceptors (Lipinski definition) is 1. The summed E-state index contributed by atoms with van der Waals surface area (Å²) in [4.78, 5) is 0.